The molecule has 0 aromatic rings. The van der Waals surface area contributed by atoms with Gasteiger partial charge in [0.15, 0.2) is 0 Å². The minimum absolute atomic E-state index is 0.0279. The van der Waals surface area contributed by atoms with E-state index >= 15 is 0 Å². The average Bonchev–Trinajstić information content (AvgIpc) is 1.71. The van der Waals surface area contributed by atoms with Gasteiger partial charge in [0.05, 0.1) is 19.6 Å². The van der Waals surface area contributed by atoms with Crippen LogP contribution in [0.5, 0.6) is 0 Å². The first kappa shape index (κ1) is 94.8. The van der Waals surface area contributed by atoms with E-state index in [-0.39, 0.29) is 90.4 Å². The summed E-state index contributed by atoms with van der Waals surface area (Å²) in [4.78, 5) is 255. The Balaban J connectivity index is 2.48. The van der Waals surface area contributed by atoms with Gasteiger partial charge in [0.25, 0.3) is 0 Å². The minimum Gasteiger partial charge on any atom is -0.481 e. The summed E-state index contributed by atoms with van der Waals surface area (Å²) < 4.78 is 0. The van der Waals surface area contributed by atoms with Crippen LogP contribution in [-0.4, -0.2) is 282 Å². The normalized spacial score (nSPS) is 17.5. The third-order valence-corrected chi connectivity index (χ3v) is 18.1. The molecule has 614 valence electrons. The predicted octanol–water partition coefficient (Wildman–Crippen LogP) is -7.99. The maximum atomic E-state index is 14.7. The Morgan fingerprint density at radius 1 is 0.404 bits per heavy atom. The number of aliphatic hydroxyl groups is 2. The van der Waals surface area contributed by atoms with Crippen LogP contribution in [0.3, 0.4) is 0 Å². The number of nitrogens with two attached hydrogens (primary N) is 4. The van der Waals surface area contributed by atoms with Gasteiger partial charge in [0.1, 0.15) is 84.6 Å². The van der Waals surface area contributed by atoms with Gasteiger partial charge in [-0.25, -0.2) is 4.79 Å². The molecule has 0 aromatic carbocycles. The Kier molecular flexibility index (Phi) is 41.9. The van der Waals surface area contributed by atoms with Crippen LogP contribution < -0.4 is 81.4 Å². The molecule has 2 rings (SSSR count). The van der Waals surface area contributed by atoms with Gasteiger partial charge in [-0.15, -0.1) is 0 Å². The Labute approximate surface area is 627 Å². The second-order valence-electron chi connectivity index (χ2n) is 27.0. The van der Waals surface area contributed by atoms with Crippen molar-refractivity contribution in [3.63, 3.8) is 0 Å². The molecule has 26 N–H and O–H groups in total. The lowest BCUT2D eigenvalue weighted by Crippen LogP contribution is -2.62. The number of nitrogens with zero attached hydrogens (tertiary/aromatic N) is 2. The number of carbonyl (C=O) groups is 19. The summed E-state index contributed by atoms with van der Waals surface area (Å²) in [7, 11) is 0. The van der Waals surface area contributed by atoms with Crippen molar-refractivity contribution in [3.05, 3.63) is 0 Å². The van der Waals surface area contributed by atoms with E-state index < -0.39 is 274 Å². The van der Waals surface area contributed by atoms with Gasteiger partial charge in [-0.3, -0.25) is 86.3 Å². The number of carboxylic acid groups (broad SMARTS) is 5. The Hall–Kier alpha value is -10.3. The minimum atomic E-state index is -2.09. The zero-order valence-electron chi connectivity index (χ0n) is 61.7. The van der Waals surface area contributed by atoms with E-state index in [2.05, 4.69) is 53.2 Å². The van der Waals surface area contributed by atoms with Crippen LogP contribution in [0.25, 0.3) is 0 Å². The lowest BCUT2D eigenvalue weighted by molar-refractivity contribution is -0.146. The number of hydrogen-bond donors (Lipinski definition) is 22. The van der Waals surface area contributed by atoms with Crippen LogP contribution in [0.2, 0.25) is 0 Å². The monoisotopic (exact) mass is 1560 g/mol. The number of unbranched alkanes of at least 4 members (excludes halogenated alkanes) is 2. The van der Waals surface area contributed by atoms with E-state index in [1.807, 2.05) is 5.32 Å². The Morgan fingerprint density at radius 2 is 0.798 bits per heavy atom. The smallest absolute Gasteiger partial charge is 0.326 e. The molecule has 2 aliphatic heterocycles. The van der Waals surface area contributed by atoms with E-state index in [4.69, 9.17) is 22.9 Å². The summed E-state index contributed by atoms with van der Waals surface area (Å²) in [6.07, 6.45) is -4.99. The summed E-state index contributed by atoms with van der Waals surface area (Å²) in [5.41, 5.74) is 22.1. The summed E-state index contributed by atoms with van der Waals surface area (Å²) in [6, 6.07) is -22.6. The zero-order valence-corrected chi connectivity index (χ0v) is 61.7. The topological polar surface area (TPSA) is 709 Å². The van der Waals surface area contributed by atoms with Gasteiger partial charge in [-0.05, 0) is 122 Å². The van der Waals surface area contributed by atoms with E-state index in [1.54, 1.807) is 20.8 Å². The summed E-state index contributed by atoms with van der Waals surface area (Å²) in [5, 5.41) is 93.3. The van der Waals surface area contributed by atoms with Gasteiger partial charge < -0.3 is 127 Å². The number of nitrogens with one attached hydrogen (secondary N) is 11. The molecule has 2 fully saturated rings. The summed E-state index contributed by atoms with van der Waals surface area (Å²) in [5.74, 6) is -23.9. The van der Waals surface area contributed by atoms with E-state index in [0.29, 0.717) is 12.8 Å². The van der Waals surface area contributed by atoms with Crippen molar-refractivity contribution in [2.45, 2.75) is 248 Å². The molecule has 2 heterocycles. The van der Waals surface area contributed by atoms with Crippen LogP contribution in [0.4, 0.5) is 0 Å². The molecular weight excluding hydrogens is 1450 g/mol. The first-order valence-corrected chi connectivity index (χ1v) is 36.0. The fourth-order valence-corrected chi connectivity index (χ4v) is 11.6. The molecule has 0 aliphatic carbocycles. The van der Waals surface area contributed by atoms with Crippen molar-refractivity contribution in [1.29, 1.82) is 0 Å². The van der Waals surface area contributed by atoms with Crippen molar-refractivity contribution in [2.75, 3.05) is 39.4 Å². The molecule has 15 atom stereocenters. The van der Waals surface area contributed by atoms with Gasteiger partial charge >= 0.3 is 29.8 Å². The molecule has 0 spiro atoms. The number of aliphatic hydroxyl groups excluding tert-OH is 2. The fourth-order valence-electron chi connectivity index (χ4n) is 11.6. The standard InChI is InChI=1S/C66H109N17O26/c1-6-33(4)52(81-59(101)42(29-50(93)94)78-58(100)39(19-23-48(89)90)73-60(102)43(31-85)79-54(96)35(69)30-84)63(105)75-36(13-7-9-25-67)56(98)72-38(18-22-47(87)88)57(99)76-40(20-24-49(91)92)64(106)82-27-11-16-45(82)62(104)80-51(32(2)3)65(107)83-28-12-15-44(83)61(103)74-37(17-21-46(70)86)55(97)71-34(5)53(95)77-41(66(108)109)14-8-10-26-68/h32-45,51-52,84-85H,6-31,67-69H2,1-5H3,(H2,70,86)(H,71,97)(H,72,98)(H,73,102)(H,74,103)(H,75,105)(H,76,99)(H,77,95)(H,78,100)(H,79,96)(H,80,104)(H,81,101)(H,87,88)(H,89,90)(H,91,92)(H,93,94)(H,108,109)/t33-,34-,35-,36-,37-,38-,39-,40-,41-,42-,43-,44-,45-,51-,52-/m0/s1. The number of carboxylic acids is 5. The quantitative estimate of drug-likeness (QED) is 0.0252. The largest absolute Gasteiger partial charge is 0.481 e. The van der Waals surface area contributed by atoms with Crippen LogP contribution in [0.1, 0.15) is 163 Å². The third-order valence-electron chi connectivity index (χ3n) is 18.1. The SMILES string of the molecule is CC[C@H](C)[C@H](NC(=O)[C@H](CC(=O)O)NC(=O)[C@H](CCC(=O)O)NC(=O)[C@H](CO)NC(=O)[C@@H](N)CO)C(=O)N[C@@H](CCCCN)C(=O)N[C@@H](CCC(=O)O)C(=O)N[C@@H](CCC(=O)O)C(=O)N1CCC[C@H]1C(=O)N[C@H](C(=O)N1CCC[C@H]1C(=O)N[C@@H](CCC(N)=O)C(=O)N[C@@H](C)C(=O)N[C@@H](CCCCN)C(=O)O)C(C)C. The number of likely N-dealkylation sites (tertiary alicyclic amines) is 2. The highest BCUT2D eigenvalue weighted by molar-refractivity contribution is 6.01. The maximum absolute atomic E-state index is 14.7. The van der Waals surface area contributed by atoms with E-state index in [9.17, 15) is 127 Å². The number of carbonyl (C=O) groups excluding carboxylic acids is 14. The van der Waals surface area contributed by atoms with Gasteiger partial charge in [0.2, 0.25) is 82.7 Å². The highest BCUT2D eigenvalue weighted by Gasteiger charge is 2.45. The zero-order chi connectivity index (χ0) is 82.5. The van der Waals surface area contributed by atoms with Crippen molar-refractivity contribution in [1.82, 2.24) is 68.3 Å². The van der Waals surface area contributed by atoms with Crippen LogP contribution in [0, 0.1) is 11.8 Å². The molecule has 0 saturated carbocycles. The van der Waals surface area contributed by atoms with Gasteiger partial charge in [-0.1, -0.05) is 34.1 Å². The molecule has 43 nitrogen and oxygen atoms in total. The molecule has 2 aliphatic rings. The fraction of sp³-hybridized carbons (Fsp3) is 0.712. The Morgan fingerprint density at radius 3 is 1.25 bits per heavy atom. The molecular formula is C66H109N17O26. The average molecular weight is 1560 g/mol. The van der Waals surface area contributed by atoms with Crippen LogP contribution in [0.15, 0.2) is 0 Å². The number of amides is 14. The molecule has 109 heavy (non-hydrogen) atoms. The van der Waals surface area contributed by atoms with Crippen molar-refractivity contribution in [3.8, 4) is 0 Å². The lowest BCUT2D eigenvalue weighted by atomic mass is 9.96. The summed E-state index contributed by atoms with van der Waals surface area (Å²) in [6.45, 7) is 5.59. The van der Waals surface area contributed by atoms with Gasteiger partial charge in [0, 0.05) is 38.8 Å². The first-order valence-electron chi connectivity index (χ1n) is 36.0. The highest BCUT2D eigenvalue weighted by Crippen LogP contribution is 2.25. The van der Waals surface area contributed by atoms with E-state index in [0.717, 1.165) is 4.90 Å². The summed E-state index contributed by atoms with van der Waals surface area (Å²) >= 11 is 0. The second-order valence-corrected chi connectivity index (χ2v) is 27.0. The Bertz CT molecular complexity index is 3220. The molecule has 14 amide bonds. The van der Waals surface area contributed by atoms with Crippen molar-refractivity contribution < 1.29 is 127 Å². The van der Waals surface area contributed by atoms with Crippen molar-refractivity contribution >= 4 is 113 Å². The van der Waals surface area contributed by atoms with E-state index in [1.165, 1.54) is 18.7 Å². The van der Waals surface area contributed by atoms with Crippen molar-refractivity contribution in [2.24, 2.45) is 34.8 Å². The highest BCUT2D eigenvalue weighted by atomic mass is 16.4. The van der Waals surface area contributed by atoms with Crippen LogP contribution >= 0.6 is 0 Å². The molecule has 0 radical (unpaired) electrons. The molecule has 43 heteroatoms. The molecule has 0 unspecified atom stereocenters. The third kappa shape index (κ3) is 32.6. The predicted molar refractivity (Wildman–Crippen MR) is 378 cm³/mol. The number of hydrogen-bond acceptors (Lipinski definition) is 24. The van der Waals surface area contributed by atoms with Crippen LogP contribution in [-0.2, 0) is 91.1 Å². The second kappa shape index (κ2) is 48.2. The van der Waals surface area contributed by atoms with Gasteiger partial charge in [-0.2, -0.15) is 0 Å². The molecule has 2 saturated heterocycles. The molecule has 0 aromatic heterocycles. The number of rotatable bonds is 52. The first-order chi connectivity index (χ1) is 51.3. The number of aliphatic carboxylic acids is 5. The maximum Gasteiger partial charge on any atom is 0.326 e. The lowest BCUT2D eigenvalue weighted by Gasteiger charge is -2.33. The number of primary amides is 1. The molecule has 0 bridgehead atoms.